The van der Waals surface area contributed by atoms with Crippen LogP contribution in [-0.2, 0) is 16.6 Å². The largest absolute Gasteiger partial charge is 0.299 e. The molecular weight excluding hydrogens is 328 g/mol. The number of benzene rings is 1. The summed E-state index contributed by atoms with van der Waals surface area (Å²) in [5, 5.41) is 1.81. The zero-order valence-corrected chi connectivity index (χ0v) is 14.9. The van der Waals surface area contributed by atoms with Crippen LogP contribution in [0.2, 0.25) is 0 Å². The molecule has 1 aliphatic rings. The van der Waals surface area contributed by atoms with Gasteiger partial charge in [-0.05, 0) is 36.9 Å². The molecule has 23 heavy (non-hydrogen) atoms. The summed E-state index contributed by atoms with van der Waals surface area (Å²) < 4.78 is 27.2. The zero-order chi connectivity index (χ0) is 16.3. The van der Waals surface area contributed by atoms with E-state index in [0.29, 0.717) is 23.3 Å². The zero-order valence-electron chi connectivity index (χ0n) is 13.3. The van der Waals surface area contributed by atoms with Crippen molar-refractivity contribution in [3.05, 3.63) is 53.4 Å². The maximum absolute atomic E-state index is 12.5. The average Bonchev–Trinajstić information content (AvgIpc) is 3.11. The van der Waals surface area contributed by atoms with Gasteiger partial charge in [-0.1, -0.05) is 36.4 Å². The Morgan fingerprint density at radius 2 is 1.83 bits per heavy atom. The third-order valence-corrected chi connectivity index (χ3v) is 7.68. The molecule has 1 saturated heterocycles. The summed E-state index contributed by atoms with van der Waals surface area (Å²) in [5.41, 5.74) is 1.30. The molecule has 2 heterocycles. The van der Waals surface area contributed by atoms with Crippen molar-refractivity contribution in [3.63, 3.8) is 0 Å². The molecule has 2 aromatic rings. The number of sulfonamides is 1. The van der Waals surface area contributed by atoms with Crippen LogP contribution in [0.3, 0.4) is 0 Å². The van der Waals surface area contributed by atoms with Gasteiger partial charge in [-0.3, -0.25) is 4.90 Å². The molecular formula is C17H22N2O2S2. The van der Waals surface area contributed by atoms with E-state index >= 15 is 0 Å². The standard InChI is InChI=1S/C17H22N2O2S2/c1-18(14-15-6-3-2-4-7-15)16-9-11-19(12-10-16)23(20,21)17-8-5-13-22-17/h2-8,13,16H,9-12,14H2,1H3. The molecule has 0 radical (unpaired) electrons. The molecule has 1 aromatic carbocycles. The van der Waals surface area contributed by atoms with Gasteiger partial charge < -0.3 is 0 Å². The molecule has 1 fully saturated rings. The number of piperidine rings is 1. The summed E-state index contributed by atoms with van der Waals surface area (Å²) in [5.74, 6) is 0. The molecule has 0 bridgehead atoms. The van der Waals surface area contributed by atoms with Crippen molar-refractivity contribution in [2.75, 3.05) is 20.1 Å². The van der Waals surface area contributed by atoms with E-state index in [1.807, 2.05) is 11.4 Å². The van der Waals surface area contributed by atoms with E-state index in [9.17, 15) is 8.42 Å². The number of hydrogen-bond acceptors (Lipinski definition) is 4. The summed E-state index contributed by atoms with van der Waals surface area (Å²) in [6.07, 6.45) is 1.77. The van der Waals surface area contributed by atoms with Crippen molar-refractivity contribution in [1.29, 1.82) is 0 Å². The maximum atomic E-state index is 12.5. The van der Waals surface area contributed by atoms with Crippen LogP contribution in [0.5, 0.6) is 0 Å². The van der Waals surface area contributed by atoms with Crippen LogP contribution in [0.1, 0.15) is 18.4 Å². The van der Waals surface area contributed by atoms with Gasteiger partial charge in [0.1, 0.15) is 4.21 Å². The molecule has 124 valence electrons. The summed E-state index contributed by atoms with van der Waals surface area (Å²) >= 11 is 1.29. The highest BCUT2D eigenvalue weighted by Gasteiger charge is 2.31. The topological polar surface area (TPSA) is 40.6 Å². The van der Waals surface area contributed by atoms with Crippen molar-refractivity contribution >= 4 is 21.4 Å². The van der Waals surface area contributed by atoms with E-state index in [4.69, 9.17) is 0 Å². The second-order valence-electron chi connectivity index (χ2n) is 5.97. The molecule has 0 spiro atoms. The number of rotatable bonds is 5. The van der Waals surface area contributed by atoms with Crippen LogP contribution in [0.4, 0.5) is 0 Å². The third-order valence-electron chi connectivity index (χ3n) is 4.41. The first-order valence-corrected chi connectivity index (χ1v) is 10.2. The Bertz CT molecular complexity index is 706. The van der Waals surface area contributed by atoms with Crippen LogP contribution in [-0.4, -0.2) is 43.8 Å². The smallest absolute Gasteiger partial charge is 0.252 e. The molecule has 0 saturated carbocycles. The van der Waals surface area contributed by atoms with Gasteiger partial charge in [0, 0.05) is 25.7 Å². The normalized spacial score (nSPS) is 17.7. The van der Waals surface area contributed by atoms with Gasteiger partial charge >= 0.3 is 0 Å². The fourth-order valence-corrected chi connectivity index (χ4v) is 5.68. The lowest BCUT2D eigenvalue weighted by molar-refractivity contribution is 0.162. The number of thiophene rings is 1. The fraction of sp³-hybridized carbons (Fsp3) is 0.412. The van der Waals surface area contributed by atoms with Crippen LogP contribution in [0, 0.1) is 0 Å². The van der Waals surface area contributed by atoms with E-state index in [1.165, 1.54) is 16.9 Å². The van der Waals surface area contributed by atoms with E-state index in [-0.39, 0.29) is 0 Å². The minimum absolute atomic E-state index is 0.435. The summed E-state index contributed by atoms with van der Waals surface area (Å²) in [4.78, 5) is 2.34. The lowest BCUT2D eigenvalue weighted by atomic mass is 10.0. The first-order chi connectivity index (χ1) is 11.1. The minimum Gasteiger partial charge on any atom is -0.299 e. The van der Waals surface area contributed by atoms with E-state index < -0.39 is 10.0 Å². The first kappa shape index (κ1) is 16.6. The van der Waals surface area contributed by atoms with Gasteiger partial charge in [0.25, 0.3) is 10.0 Å². The summed E-state index contributed by atoms with van der Waals surface area (Å²) in [6, 6.07) is 14.3. The van der Waals surface area contributed by atoms with Gasteiger partial charge in [0.2, 0.25) is 0 Å². The highest BCUT2D eigenvalue weighted by Crippen LogP contribution is 2.25. The van der Waals surface area contributed by atoms with Crippen LogP contribution >= 0.6 is 11.3 Å². The van der Waals surface area contributed by atoms with E-state index in [0.717, 1.165) is 19.4 Å². The van der Waals surface area contributed by atoms with Gasteiger partial charge in [0.05, 0.1) is 0 Å². The fourth-order valence-electron chi connectivity index (χ4n) is 3.06. The quantitative estimate of drug-likeness (QED) is 0.832. The molecule has 3 rings (SSSR count). The Hall–Kier alpha value is -1.21. The number of nitrogens with zero attached hydrogens (tertiary/aromatic N) is 2. The van der Waals surface area contributed by atoms with Crippen LogP contribution < -0.4 is 0 Å². The second-order valence-corrected chi connectivity index (χ2v) is 9.08. The lowest BCUT2D eigenvalue weighted by Gasteiger charge is -2.36. The molecule has 0 aliphatic carbocycles. The average molecular weight is 351 g/mol. The molecule has 0 atom stereocenters. The number of hydrogen-bond donors (Lipinski definition) is 0. The second kappa shape index (κ2) is 7.13. The van der Waals surface area contributed by atoms with Crippen molar-refractivity contribution in [2.45, 2.75) is 29.6 Å². The van der Waals surface area contributed by atoms with Crippen molar-refractivity contribution < 1.29 is 8.42 Å². The van der Waals surface area contributed by atoms with Crippen LogP contribution in [0.15, 0.2) is 52.1 Å². The van der Waals surface area contributed by atoms with Crippen LogP contribution in [0.25, 0.3) is 0 Å². The monoisotopic (exact) mass is 350 g/mol. The molecule has 0 amide bonds. The molecule has 0 unspecified atom stereocenters. The molecule has 1 aliphatic heterocycles. The van der Waals surface area contributed by atoms with E-state index in [2.05, 4.69) is 36.2 Å². The van der Waals surface area contributed by atoms with Crippen molar-refractivity contribution in [1.82, 2.24) is 9.21 Å². The van der Waals surface area contributed by atoms with Gasteiger partial charge in [0.15, 0.2) is 0 Å². The lowest BCUT2D eigenvalue weighted by Crippen LogP contribution is -2.45. The van der Waals surface area contributed by atoms with Crippen molar-refractivity contribution in [2.24, 2.45) is 0 Å². The maximum Gasteiger partial charge on any atom is 0.252 e. The highest BCUT2D eigenvalue weighted by atomic mass is 32.2. The Morgan fingerprint density at radius 3 is 2.43 bits per heavy atom. The minimum atomic E-state index is -3.29. The Balaban J connectivity index is 1.58. The Morgan fingerprint density at radius 1 is 1.13 bits per heavy atom. The molecule has 1 aromatic heterocycles. The predicted molar refractivity (Wildman–Crippen MR) is 94.0 cm³/mol. The summed E-state index contributed by atoms with van der Waals surface area (Å²) in [7, 11) is -1.17. The SMILES string of the molecule is CN(Cc1ccccc1)C1CCN(S(=O)(=O)c2cccs2)CC1. The molecule has 0 N–H and O–H groups in total. The molecule has 4 nitrogen and oxygen atoms in total. The van der Waals surface area contributed by atoms with Gasteiger partial charge in [-0.2, -0.15) is 4.31 Å². The summed E-state index contributed by atoms with van der Waals surface area (Å²) in [6.45, 7) is 2.11. The van der Waals surface area contributed by atoms with Gasteiger partial charge in [-0.25, -0.2) is 8.42 Å². The first-order valence-electron chi connectivity index (χ1n) is 7.85. The Labute approximate surface area is 142 Å². The third kappa shape index (κ3) is 3.83. The Kier molecular flexibility index (Phi) is 5.16. The van der Waals surface area contributed by atoms with Gasteiger partial charge in [-0.15, -0.1) is 11.3 Å². The van der Waals surface area contributed by atoms with E-state index in [1.54, 1.807) is 16.4 Å². The highest BCUT2D eigenvalue weighted by molar-refractivity contribution is 7.91. The predicted octanol–water partition coefficient (Wildman–Crippen LogP) is 3.03. The molecule has 6 heteroatoms. The van der Waals surface area contributed by atoms with Crippen molar-refractivity contribution in [3.8, 4) is 0 Å².